The summed E-state index contributed by atoms with van der Waals surface area (Å²) in [5.41, 5.74) is 6.52. The zero-order chi connectivity index (χ0) is 22.9. The van der Waals surface area contributed by atoms with Crippen LogP contribution in [0.25, 0.3) is 10.9 Å². The lowest BCUT2D eigenvalue weighted by molar-refractivity contribution is 0.0718. The normalized spacial score (nSPS) is 12.7. The lowest BCUT2D eigenvalue weighted by atomic mass is 9.86. The SMILES string of the molecule is CCN(C(=O)c1ccc(C(C)(C)C)cc1)[C@H](c1ccc(C)cc1)c1c[nH]c2ccccc12. The summed E-state index contributed by atoms with van der Waals surface area (Å²) in [4.78, 5) is 19.1. The van der Waals surface area contributed by atoms with Crippen LogP contribution in [0.4, 0.5) is 0 Å². The van der Waals surface area contributed by atoms with Crippen LogP contribution in [0.2, 0.25) is 0 Å². The van der Waals surface area contributed by atoms with E-state index < -0.39 is 0 Å². The summed E-state index contributed by atoms with van der Waals surface area (Å²) in [6, 6.07) is 24.7. The number of rotatable bonds is 5. The van der Waals surface area contributed by atoms with Crippen LogP contribution in [-0.4, -0.2) is 22.3 Å². The van der Waals surface area contributed by atoms with Crippen LogP contribution in [0.1, 0.15) is 66.3 Å². The molecule has 1 atom stereocenters. The molecule has 4 aromatic rings. The van der Waals surface area contributed by atoms with Gasteiger partial charge >= 0.3 is 0 Å². The number of hydrogen-bond acceptors (Lipinski definition) is 1. The molecule has 1 amide bonds. The number of hydrogen-bond donors (Lipinski definition) is 1. The van der Waals surface area contributed by atoms with Gasteiger partial charge in [-0.2, -0.15) is 0 Å². The van der Waals surface area contributed by atoms with E-state index in [1.807, 2.05) is 29.3 Å². The topological polar surface area (TPSA) is 36.1 Å². The smallest absolute Gasteiger partial charge is 0.254 e. The van der Waals surface area contributed by atoms with Gasteiger partial charge in [0.1, 0.15) is 0 Å². The summed E-state index contributed by atoms with van der Waals surface area (Å²) < 4.78 is 0. The number of aromatic nitrogens is 1. The first kappa shape index (κ1) is 21.9. The second-order valence-electron chi connectivity index (χ2n) is 9.52. The predicted molar refractivity (Wildman–Crippen MR) is 133 cm³/mol. The molecular formula is C29H32N2O. The second kappa shape index (κ2) is 8.66. The van der Waals surface area contributed by atoms with Crippen molar-refractivity contribution in [3.8, 4) is 0 Å². The van der Waals surface area contributed by atoms with E-state index in [4.69, 9.17) is 0 Å². The van der Waals surface area contributed by atoms with Gasteiger partial charge in [-0.3, -0.25) is 4.79 Å². The van der Waals surface area contributed by atoms with Gasteiger partial charge in [0, 0.05) is 34.8 Å². The molecule has 0 bridgehead atoms. The van der Waals surface area contributed by atoms with Crippen molar-refractivity contribution in [2.75, 3.05) is 6.54 Å². The van der Waals surface area contributed by atoms with E-state index in [2.05, 4.69) is 94.2 Å². The number of H-pyrrole nitrogens is 1. The molecule has 0 fully saturated rings. The van der Waals surface area contributed by atoms with Crippen LogP contribution in [-0.2, 0) is 5.41 Å². The Morgan fingerprint density at radius 1 is 0.938 bits per heavy atom. The van der Waals surface area contributed by atoms with Crippen molar-refractivity contribution < 1.29 is 4.79 Å². The molecule has 4 rings (SSSR count). The van der Waals surface area contributed by atoms with Crippen LogP contribution in [0.15, 0.2) is 79.0 Å². The van der Waals surface area contributed by atoms with Gasteiger partial charge < -0.3 is 9.88 Å². The number of nitrogens with zero attached hydrogens (tertiary/aromatic N) is 1. The standard InChI is InChI=1S/C29H32N2O/c1-6-31(28(32)22-15-17-23(18-16-22)29(3,4)5)27(21-13-11-20(2)12-14-21)25-19-30-26-10-8-7-9-24(25)26/h7-19,27,30H,6H2,1-5H3/t27-/m1/s1. The fourth-order valence-electron chi connectivity index (χ4n) is 4.32. The first-order valence-electron chi connectivity index (χ1n) is 11.3. The number of carbonyl (C=O) groups is 1. The van der Waals surface area contributed by atoms with Crippen LogP contribution in [0.3, 0.4) is 0 Å². The van der Waals surface area contributed by atoms with Gasteiger partial charge in [-0.05, 0) is 48.6 Å². The Hall–Kier alpha value is -3.33. The fourth-order valence-corrected chi connectivity index (χ4v) is 4.32. The average molecular weight is 425 g/mol. The molecule has 0 spiro atoms. The largest absolute Gasteiger partial charge is 0.361 e. The Morgan fingerprint density at radius 3 is 2.22 bits per heavy atom. The van der Waals surface area contributed by atoms with E-state index in [-0.39, 0.29) is 17.4 Å². The van der Waals surface area contributed by atoms with Gasteiger partial charge in [-0.25, -0.2) is 0 Å². The first-order chi connectivity index (χ1) is 15.3. The minimum atomic E-state index is -0.174. The summed E-state index contributed by atoms with van der Waals surface area (Å²) in [7, 11) is 0. The van der Waals surface area contributed by atoms with Crippen LogP contribution < -0.4 is 0 Å². The maximum Gasteiger partial charge on any atom is 0.254 e. The van der Waals surface area contributed by atoms with E-state index in [1.165, 1.54) is 11.1 Å². The minimum Gasteiger partial charge on any atom is -0.361 e. The first-order valence-corrected chi connectivity index (χ1v) is 11.3. The van der Waals surface area contributed by atoms with Crippen molar-refractivity contribution in [3.05, 3.63) is 107 Å². The van der Waals surface area contributed by atoms with E-state index in [0.29, 0.717) is 6.54 Å². The van der Waals surface area contributed by atoms with E-state index in [0.717, 1.165) is 27.6 Å². The number of carbonyl (C=O) groups excluding carboxylic acids is 1. The molecule has 0 radical (unpaired) electrons. The van der Waals surface area contributed by atoms with E-state index in [1.54, 1.807) is 0 Å². The van der Waals surface area contributed by atoms with Gasteiger partial charge in [-0.15, -0.1) is 0 Å². The molecule has 1 aromatic heterocycles. The summed E-state index contributed by atoms with van der Waals surface area (Å²) >= 11 is 0. The number of aromatic amines is 1. The lowest BCUT2D eigenvalue weighted by Crippen LogP contribution is -2.35. The highest BCUT2D eigenvalue weighted by Gasteiger charge is 2.28. The number of fused-ring (bicyclic) bond motifs is 1. The second-order valence-corrected chi connectivity index (χ2v) is 9.52. The average Bonchev–Trinajstić information content (AvgIpc) is 3.21. The molecular weight excluding hydrogens is 392 g/mol. The van der Waals surface area contributed by atoms with Gasteiger partial charge in [0.05, 0.1) is 6.04 Å². The van der Waals surface area contributed by atoms with Gasteiger partial charge in [0.2, 0.25) is 0 Å². The molecule has 3 nitrogen and oxygen atoms in total. The Balaban J connectivity index is 1.80. The summed E-state index contributed by atoms with van der Waals surface area (Å²) in [6.45, 7) is 11.3. The third-order valence-electron chi connectivity index (χ3n) is 6.22. The van der Waals surface area contributed by atoms with Crippen molar-refractivity contribution in [2.45, 2.75) is 46.1 Å². The number of benzene rings is 3. The summed E-state index contributed by atoms with van der Waals surface area (Å²) in [5.74, 6) is 0.0452. The number of amides is 1. The zero-order valence-corrected chi connectivity index (χ0v) is 19.6. The van der Waals surface area contributed by atoms with Gasteiger partial charge in [0.15, 0.2) is 0 Å². The molecule has 32 heavy (non-hydrogen) atoms. The van der Waals surface area contributed by atoms with Crippen molar-refractivity contribution >= 4 is 16.8 Å². The van der Waals surface area contributed by atoms with Crippen molar-refractivity contribution in [3.63, 3.8) is 0 Å². The third-order valence-corrected chi connectivity index (χ3v) is 6.22. The summed E-state index contributed by atoms with van der Waals surface area (Å²) in [6.07, 6.45) is 2.05. The third kappa shape index (κ3) is 4.20. The van der Waals surface area contributed by atoms with Crippen LogP contribution in [0.5, 0.6) is 0 Å². The number of nitrogens with one attached hydrogen (secondary N) is 1. The molecule has 0 unspecified atom stereocenters. The lowest BCUT2D eigenvalue weighted by Gasteiger charge is -2.32. The number of aryl methyl sites for hydroxylation is 1. The number of para-hydroxylation sites is 1. The van der Waals surface area contributed by atoms with E-state index in [9.17, 15) is 4.79 Å². The predicted octanol–water partition coefficient (Wildman–Crippen LogP) is 7.03. The molecule has 0 aliphatic carbocycles. The van der Waals surface area contributed by atoms with Gasteiger partial charge in [0.25, 0.3) is 5.91 Å². The molecule has 0 saturated carbocycles. The Bertz CT molecular complexity index is 1210. The van der Waals surface area contributed by atoms with Crippen molar-refractivity contribution in [1.29, 1.82) is 0 Å². The quantitative estimate of drug-likeness (QED) is 0.367. The molecule has 0 saturated heterocycles. The van der Waals surface area contributed by atoms with Crippen LogP contribution in [0, 0.1) is 6.92 Å². The minimum absolute atomic E-state index is 0.0452. The van der Waals surface area contributed by atoms with Crippen molar-refractivity contribution in [1.82, 2.24) is 9.88 Å². The molecule has 1 heterocycles. The highest BCUT2D eigenvalue weighted by Crippen LogP contribution is 2.35. The Morgan fingerprint density at radius 2 is 1.59 bits per heavy atom. The Kier molecular flexibility index (Phi) is 5.92. The van der Waals surface area contributed by atoms with Gasteiger partial charge in [-0.1, -0.05) is 80.9 Å². The molecule has 0 aliphatic heterocycles. The molecule has 3 aromatic carbocycles. The highest BCUT2D eigenvalue weighted by molar-refractivity contribution is 5.95. The molecule has 1 N–H and O–H groups in total. The maximum absolute atomic E-state index is 13.8. The Labute approximate surface area is 191 Å². The molecule has 3 heteroatoms. The van der Waals surface area contributed by atoms with Crippen LogP contribution >= 0.6 is 0 Å². The fraction of sp³-hybridized carbons (Fsp3) is 0.276. The highest BCUT2D eigenvalue weighted by atomic mass is 16.2. The van der Waals surface area contributed by atoms with Crippen molar-refractivity contribution in [2.24, 2.45) is 0 Å². The monoisotopic (exact) mass is 424 g/mol. The molecule has 0 aliphatic rings. The van der Waals surface area contributed by atoms with E-state index >= 15 is 0 Å². The summed E-state index contributed by atoms with van der Waals surface area (Å²) in [5, 5.41) is 1.15. The zero-order valence-electron chi connectivity index (χ0n) is 19.6. The molecule has 164 valence electrons. The maximum atomic E-state index is 13.8.